The molecule has 8 heteroatoms. The molecule has 1 amide bonds. The van der Waals surface area contributed by atoms with Gasteiger partial charge in [0, 0.05) is 49.3 Å². The molecule has 1 aliphatic heterocycles. The van der Waals surface area contributed by atoms with Crippen LogP contribution < -0.4 is 4.72 Å². The molecule has 0 radical (unpaired) electrons. The van der Waals surface area contributed by atoms with Crippen LogP contribution >= 0.6 is 0 Å². The molecule has 1 saturated carbocycles. The third-order valence-electron chi connectivity index (χ3n) is 5.62. The summed E-state index contributed by atoms with van der Waals surface area (Å²) >= 11 is 0. The molecule has 1 aromatic carbocycles. The van der Waals surface area contributed by atoms with E-state index in [0.29, 0.717) is 32.6 Å². The highest BCUT2D eigenvalue weighted by molar-refractivity contribution is 7.87. The number of aromatic nitrogens is 1. The van der Waals surface area contributed by atoms with Gasteiger partial charge in [0.1, 0.15) is 0 Å². The first-order chi connectivity index (χ1) is 13.0. The zero-order valence-electron chi connectivity index (χ0n) is 15.4. The number of amides is 1. The molecule has 4 rings (SSSR count). The van der Waals surface area contributed by atoms with Crippen molar-refractivity contribution in [3.63, 3.8) is 0 Å². The topological polar surface area (TPSA) is 85.5 Å². The summed E-state index contributed by atoms with van der Waals surface area (Å²) in [5.74, 6) is 0.0422. The normalized spacial score (nSPS) is 19.8. The number of H-pyrrole nitrogens is 1. The van der Waals surface area contributed by atoms with Gasteiger partial charge in [0.15, 0.2) is 0 Å². The average molecular weight is 391 g/mol. The number of nitrogens with one attached hydrogen (secondary N) is 2. The highest BCUT2D eigenvalue weighted by atomic mass is 32.2. The number of benzene rings is 1. The van der Waals surface area contributed by atoms with Gasteiger partial charge in [0.25, 0.3) is 10.2 Å². The molecular formula is C19H26N4O3S. The fourth-order valence-corrected chi connectivity index (χ4v) is 5.51. The molecule has 0 bridgehead atoms. The summed E-state index contributed by atoms with van der Waals surface area (Å²) < 4.78 is 29.3. The molecule has 1 aromatic heterocycles. The van der Waals surface area contributed by atoms with Gasteiger partial charge in [-0.05, 0) is 24.5 Å². The minimum atomic E-state index is -3.45. The number of para-hydroxylation sites is 1. The van der Waals surface area contributed by atoms with Gasteiger partial charge in [0.05, 0.1) is 6.42 Å². The zero-order chi connectivity index (χ0) is 18.9. The summed E-state index contributed by atoms with van der Waals surface area (Å²) in [7, 11) is -3.45. The Balaban J connectivity index is 1.34. The van der Waals surface area contributed by atoms with Crippen LogP contribution in [0.2, 0.25) is 0 Å². The molecule has 2 N–H and O–H groups in total. The van der Waals surface area contributed by atoms with Crippen LogP contribution in [0.1, 0.15) is 31.2 Å². The molecule has 1 saturated heterocycles. The molecule has 2 aliphatic rings. The van der Waals surface area contributed by atoms with Gasteiger partial charge in [-0.1, -0.05) is 31.0 Å². The number of nitrogens with zero attached hydrogens (tertiary/aromatic N) is 2. The molecule has 1 aliphatic carbocycles. The van der Waals surface area contributed by atoms with Gasteiger partial charge in [-0.3, -0.25) is 4.79 Å². The Morgan fingerprint density at radius 2 is 1.81 bits per heavy atom. The lowest BCUT2D eigenvalue weighted by atomic mass is 10.1. The Labute approximate surface area is 159 Å². The molecule has 2 heterocycles. The SMILES string of the molecule is O=C(Cc1c[nH]c2ccccc12)N1CCN(S(=O)(=O)NC2CCCC2)CC1. The van der Waals surface area contributed by atoms with E-state index in [2.05, 4.69) is 9.71 Å². The number of hydrogen-bond acceptors (Lipinski definition) is 3. The monoisotopic (exact) mass is 390 g/mol. The van der Waals surface area contributed by atoms with E-state index in [1.807, 2.05) is 30.5 Å². The number of hydrogen-bond donors (Lipinski definition) is 2. The van der Waals surface area contributed by atoms with Crippen molar-refractivity contribution in [2.24, 2.45) is 0 Å². The number of rotatable bonds is 5. The van der Waals surface area contributed by atoms with Gasteiger partial charge >= 0.3 is 0 Å². The molecular weight excluding hydrogens is 364 g/mol. The Morgan fingerprint density at radius 1 is 1.11 bits per heavy atom. The van der Waals surface area contributed by atoms with Gasteiger partial charge < -0.3 is 9.88 Å². The van der Waals surface area contributed by atoms with Gasteiger partial charge in [-0.2, -0.15) is 17.4 Å². The number of carbonyl (C=O) groups excluding carboxylic acids is 1. The van der Waals surface area contributed by atoms with Crippen molar-refractivity contribution >= 4 is 27.0 Å². The first kappa shape index (κ1) is 18.5. The highest BCUT2D eigenvalue weighted by Crippen LogP contribution is 2.21. The maximum absolute atomic E-state index is 12.7. The Bertz CT molecular complexity index is 910. The van der Waals surface area contributed by atoms with Crippen LogP contribution in [-0.4, -0.2) is 60.7 Å². The second-order valence-corrected chi connectivity index (χ2v) is 9.12. The van der Waals surface area contributed by atoms with E-state index in [1.54, 1.807) is 4.90 Å². The van der Waals surface area contributed by atoms with E-state index in [-0.39, 0.29) is 11.9 Å². The fourth-order valence-electron chi connectivity index (χ4n) is 4.06. The maximum Gasteiger partial charge on any atom is 0.279 e. The Kier molecular flexibility index (Phi) is 5.21. The lowest BCUT2D eigenvalue weighted by Crippen LogP contribution is -2.54. The predicted octanol–water partition coefficient (Wildman–Crippen LogP) is 1.63. The average Bonchev–Trinajstić information content (AvgIpc) is 3.32. The van der Waals surface area contributed by atoms with Crippen molar-refractivity contribution in [2.45, 2.75) is 38.1 Å². The lowest BCUT2D eigenvalue weighted by Gasteiger charge is -2.34. The van der Waals surface area contributed by atoms with Crippen molar-refractivity contribution < 1.29 is 13.2 Å². The second-order valence-electron chi connectivity index (χ2n) is 7.42. The first-order valence-electron chi connectivity index (χ1n) is 9.63. The third kappa shape index (κ3) is 4.02. The van der Waals surface area contributed by atoms with E-state index < -0.39 is 10.2 Å². The summed E-state index contributed by atoms with van der Waals surface area (Å²) in [5, 5.41) is 1.06. The number of aromatic amines is 1. The van der Waals surface area contributed by atoms with Gasteiger partial charge in [-0.15, -0.1) is 0 Å². The fraction of sp³-hybridized carbons (Fsp3) is 0.526. The Hall–Kier alpha value is -1.90. The standard InChI is InChI=1S/C19H26N4O3S/c24-19(13-15-14-20-18-8-4-3-7-17(15)18)22-9-11-23(12-10-22)27(25,26)21-16-5-1-2-6-16/h3-4,7-8,14,16,20-21H,1-2,5-6,9-13H2. The number of fused-ring (bicyclic) bond motifs is 1. The van der Waals surface area contributed by atoms with Crippen LogP contribution in [-0.2, 0) is 21.4 Å². The molecule has 0 spiro atoms. The minimum absolute atomic E-state index is 0.0422. The highest BCUT2D eigenvalue weighted by Gasteiger charge is 2.31. The van der Waals surface area contributed by atoms with Crippen molar-refractivity contribution in [3.05, 3.63) is 36.0 Å². The predicted molar refractivity (Wildman–Crippen MR) is 104 cm³/mol. The smallest absolute Gasteiger partial charge is 0.279 e. The van der Waals surface area contributed by atoms with Crippen molar-refractivity contribution in [1.82, 2.24) is 18.9 Å². The lowest BCUT2D eigenvalue weighted by molar-refractivity contribution is -0.131. The van der Waals surface area contributed by atoms with E-state index in [9.17, 15) is 13.2 Å². The number of piperazine rings is 1. The van der Waals surface area contributed by atoms with Gasteiger partial charge in [-0.25, -0.2) is 0 Å². The summed E-state index contributed by atoms with van der Waals surface area (Å²) in [4.78, 5) is 17.6. The molecule has 2 fully saturated rings. The van der Waals surface area contributed by atoms with Crippen molar-refractivity contribution in [2.75, 3.05) is 26.2 Å². The number of carbonyl (C=O) groups is 1. The van der Waals surface area contributed by atoms with Crippen LogP contribution in [0.3, 0.4) is 0 Å². The van der Waals surface area contributed by atoms with Crippen molar-refractivity contribution in [1.29, 1.82) is 0 Å². The van der Waals surface area contributed by atoms with Crippen molar-refractivity contribution in [3.8, 4) is 0 Å². The molecule has 7 nitrogen and oxygen atoms in total. The van der Waals surface area contributed by atoms with E-state index >= 15 is 0 Å². The van der Waals surface area contributed by atoms with Crippen LogP contribution in [0.15, 0.2) is 30.5 Å². The maximum atomic E-state index is 12.7. The summed E-state index contributed by atoms with van der Waals surface area (Å²) in [6, 6.07) is 7.99. The van der Waals surface area contributed by atoms with E-state index in [1.165, 1.54) is 4.31 Å². The quantitative estimate of drug-likeness (QED) is 0.814. The second kappa shape index (κ2) is 7.61. The molecule has 0 atom stereocenters. The van der Waals surface area contributed by atoms with Crippen LogP contribution in [0.25, 0.3) is 10.9 Å². The summed E-state index contributed by atoms with van der Waals surface area (Å²) in [6.45, 7) is 1.57. The van der Waals surface area contributed by atoms with Crippen LogP contribution in [0.5, 0.6) is 0 Å². The largest absolute Gasteiger partial charge is 0.361 e. The van der Waals surface area contributed by atoms with E-state index in [4.69, 9.17) is 0 Å². The summed E-state index contributed by atoms with van der Waals surface area (Å²) in [5.41, 5.74) is 2.00. The molecule has 0 unspecified atom stereocenters. The molecule has 27 heavy (non-hydrogen) atoms. The zero-order valence-corrected chi connectivity index (χ0v) is 16.2. The van der Waals surface area contributed by atoms with E-state index in [0.717, 1.165) is 42.1 Å². The first-order valence-corrected chi connectivity index (χ1v) is 11.1. The molecule has 146 valence electrons. The van der Waals surface area contributed by atoms with Gasteiger partial charge in [0.2, 0.25) is 5.91 Å². The van der Waals surface area contributed by atoms with Crippen LogP contribution in [0, 0.1) is 0 Å². The summed E-state index contributed by atoms with van der Waals surface area (Å²) in [6.07, 6.45) is 6.23. The molecule has 2 aromatic rings. The third-order valence-corrected chi connectivity index (χ3v) is 7.29. The van der Waals surface area contributed by atoms with Crippen LogP contribution in [0.4, 0.5) is 0 Å². The Morgan fingerprint density at radius 3 is 2.56 bits per heavy atom. The minimum Gasteiger partial charge on any atom is -0.361 e.